The number of hydrogen-bond acceptors (Lipinski definition) is 2. The van der Waals surface area contributed by atoms with Crippen molar-refractivity contribution in [2.45, 2.75) is 19.5 Å². The molecule has 2 nitrogen and oxygen atoms in total. The summed E-state index contributed by atoms with van der Waals surface area (Å²) in [5.41, 5.74) is 1.77. The van der Waals surface area contributed by atoms with Gasteiger partial charge in [0.2, 0.25) is 0 Å². The highest BCUT2D eigenvalue weighted by atomic mass is 19.2. The molecule has 94 valence electrons. The van der Waals surface area contributed by atoms with Crippen LogP contribution in [-0.4, -0.2) is 4.98 Å². The Kier molecular flexibility index (Phi) is 3.99. The third-order valence-corrected chi connectivity index (χ3v) is 2.78. The van der Waals surface area contributed by atoms with Crippen LogP contribution >= 0.6 is 0 Å². The maximum atomic E-state index is 13.0. The van der Waals surface area contributed by atoms with Crippen LogP contribution in [0.25, 0.3) is 0 Å². The summed E-state index contributed by atoms with van der Waals surface area (Å²) >= 11 is 0. The minimum absolute atomic E-state index is 0.104. The largest absolute Gasteiger partial charge is 0.306 e. The van der Waals surface area contributed by atoms with Crippen LogP contribution in [0.1, 0.15) is 24.1 Å². The molecule has 0 fully saturated rings. The van der Waals surface area contributed by atoms with Crippen molar-refractivity contribution < 1.29 is 8.78 Å². The molecule has 0 saturated carbocycles. The zero-order chi connectivity index (χ0) is 13.0. The predicted molar refractivity (Wildman–Crippen MR) is 65.8 cm³/mol. The number of rotatable bonds is 4. The smallest absolute Gasteiger partial charge is 0.159 e. The van der Waals surface area contributed by atoms with Gasteiger partial charge in [0, 0.05) is 25.0 Å². The van der Waals surface area contributed by atoms with Gasteiger partial charge in [0.25, 0.3) is 0 Å². The van der Waals surface area contributed by atoms with Gasteiger partial charge in [-0.1, -0.05) is 12.1 Å². The maximum Gasteiger partial charge on any atom is 0.159 e. The number of nitrogens with zero attached hydrogens (tertiary/aromatic N) is 1. The first kappa shape index (κ1) is 12.6. The molecule has 0 aliphatic rings. The van der Waals surface area contributed by atoms with Crippen LogP contribution in [0.15, 0.2) is 42.7 Å². The zero-order valence-electron chi connectivity index (χ0n) is 10.0. The molecule has 0 spiro atoms. The molecular weight excluding hydrogens is 234 g/mol. The topological polar surface area (TPSA) is 24.9 Å². The molecule has 1 aromatic heterocycles. The number of nitrogens with one attached hydrogen (secondary N) is 1. The van der Waals surface area contributed by atoms with Crippen molar-refractivity contribution in [3.63, 3.8) is 0 Å². The van der Waals surface area contributed by atoms with Gasteiger partial charge < -0.3 is 5.32 Å². The highest BCUT2D eigenvalue weighted by Crippen LogP contribution is 2.13. The molecular formula is C14H14F2N2. The van der Waals surface area contributed by atoms with Crippen LogP contribution in [-0.2, 0) is 6.54 Å². The third kappa shape index (κ3) is 3.11. The molecule has 1 aromatic carbocycles. The van der Waals surface area contributed by atoms with Gasteiger partial charge in [-0.2, -0.15) is 0 Å². The van der Waals surface area contributed by atoms with Gasteiger partial charge in [-0.3, -0.25) is 4.98 Å². The molecule has 1 unspecified atom stereocenters. The second kappa shape index (κ2) is 5.69. The Labute approximate surface area is 105 Å². The van der Waals surface area contributed by atoms with Gasteiger partial charge in [-0.15, -0.1) is 0 Å². The van der Waals surface area contributed by atoms with Crippen molar-refractivity contribution >= 4 is 0 Å². The summed E-state index contributed by atoms with van der Waals surface area (Å²) in [6.07, 6.45) is 3.49. The minimum Gasteiger partial charge on any atom is -0.306 e. The van der Waals surface area contributed by atoms with Crippen molar-refractivity contribution in [3.05, 3.63) is 65.5 Å². The molecule has 18 heavy (non-hydrogen) atoms. The normalized spacial score (nSPS) is 12.4. The van der Waals surface area contributed by atoms with Crippen LogP contribution < -0.4 is 5.32 Å². The van der Waals surface area contributed by atoms with Gasteiger partial charge in [-0.05, 0) is 36.2 Å². The van der Waals surface area contributed by atoms with E-state index in [1.807, 2.05) is 19.1 Å². The standard InChI is InChI=1S/C14H14F2N2/c1-10(12-3-2-6-17-9-12)18-8-11-4-5-13(15)14(16)7-11/h2-7,9-10,18H,8H2,1H3. The fourth-order valence-corrected chi connectivity index (χ4v) is 1.67. The van der Waals surface area contributed by atoms with Crippen LogP contribution in [0.3, 0.4) is 0 Å². The van der Waals surface area contributed by atoms with E-state index in [0.717, 1.165) is 11.6 Å². The van der Waals surface area contributed by atoms with E-state index in [4.69, 9.17) is 0 Å². The fraction of sp³-hybridized carbons (Fsp3) is 0.214. The first-order valence-corrected chi connectivity index (χ1v) is 5.74. The van der Waals surface area contributed by atoms with E-state index in [-0.39, 0.29) is 6.04 Å². The lowest BCUT2D eigenvalue weighted by atomic mass is 10.1. The Hall–Kier alpha value is -1.81. The summed E-state index contributed by atoms with van der Waals surface area (Å²) in [6.45, 7) is 2.48. The Morgan fingerprint density at radius 3 is 2.72 bits per heavy atom. The number of hydrogen-bond donors (Lipinski definition) is 1. The number of pyridine rings is 1. The van der Waals surface area contributed by atoms with Crippen LogP contribution in [0.5, 0.6) is 0 Å². The lowest BCUT2D eigenvalue weighted by molar-refractivity contribution is 0.504. The fourth-order valence-electron chi connectivity index (χ4n) is 1.67. The molecule has 0 radical (unpaired) electrons. The predicted octanol–water partition coefficient (Wildman–Crippen LogP) is 3.21. The lowest BCUT2D eigenvalue weighted by Gasteiger charge is -2.13. The van der Waals surface area contributed by atoms with Crippen molar-refractivity contribution in [2.24, 2.45) is 0 Å². The van der Waals surface area contributed by atoms with Gasteiger partial charge in [0.15, 0.2) is 11.6 Å². The highest BCUT2D eigenvalue weighted by molar-refractivity contribution is 5.18. The van der Waals surface area contributed by atoms with E-state index < -0.39 is 11.6 Å². The van der Waals surface area contributed by atoms with Gasteiger partial charge >= 0.3 is 0 Å². The first-order valence-electron chi connectivity index (χ1n) is 5.74. The molecule has 2 aromatic rings. The zero-order valence-corrected chi connectivity index (χ0v) is 10.0. The Bertz CT molecular complexity index is 514. The Morgan fingerprint density at radius 2 is 2.06 bits per heavy atom. The SMILES string of the molecule is CC(NCc1ccc(F)c(F)c1)c1cccnc1. The molecule has 2 rings (SSSR count). The number of aromatic nitrogens is 1. The average molecular weight is 248 g/mol. The van der Waals surface area contributed by atoms with E-state index in [1.54, 1.807) is 18.5 Å². The van der Waals surface area contributed by atoms with Crippen LogP contribution in [0.2, 0.25) is 0 Å². The van der Waals surface area contributed by atoms with E-state index in [2.05, 4.69) is 10.3 Å². The monoisotopic (exact) mass is 248 g/mol. The van der Waals surface area contributed by atoms with Gasteiger partial charge in [0.05, 0.1) is 0 Å². The number of halogens is 2. The summed E-state index contributed by atoms with van der Waals surface area (Å²) in [7, 11) is 0. The molecule has 1 N–H and O–H groups in total. The Balaban J connectivity index is 1.97. The maximum absolute atomic E-state index is 13.0. The van der Waals surface area contributed by atoms with Crippen molar-refractivity contribution in [1.82, 2.24) is 10.3 Å². The first-order chi connectivity index (χ1) is 8.66. The van der Waals surface area contributed by atoms with Crippen molar-refractivity contribution in [3.8, 4) is 0 Å². The molecule has 0 aliphatic carbocycles. The van der Waals surface area contributed by atoms with E-state index in [1.165, 1.54) is 6.07 Å². The summed E-state index contributed by atoms with van der Waals surface area (Å²) in [5, 5.41) is 3.23. The molecule has 0 aliphatic heterocycles. The molecule has 1 heterocycles. The number of benzene rings is 1. The lowest BCUT2D eigenvalue weighted by Crippen LogP contribution is -2.18. The van der Waals surface area contributed by atoms with E-state index in [9.17, 15) is 8.78 Å². The molecule has 0 saturated heterocycles. The van der Waals surface area contributed by atoms with Crippen molar-refractivity contribution in [1.29, 1.82) is 0 Å². The van der Waals surface area contributed by atoms with E-state index in [0.29, 0.717) is 12.1 Å². The van der Waals surface area contributed by atoms with Gasteiger partial charge in [0.1, 0.15) is 0 Å². The molecule has 1 atom stereocenters. The highest BCUT2D eigenvalue weighted by Gasteiger charge is 2.06. The minimum atomic E-state index is -0.820. The quantitative estimate of drug-likeness (QED) is 0.898. The third-order valence-electron chi connectivity index (χ3n) is 2.78. The van der Waals surface area contributed by atoms with Gasteiger partial charge in [-0.25, -0.2) is 8.78 Å². The average Bonchev–Trinajstić information content (AvgIpc) is 2.41. The summed E-state index contributed by atoms with van der Waals surface area (Å²) in [4.78, 5) is 4.04. The van der Waals surface area contributed by atoms with Crippen LogP contribution in [0, 0.1) is 11.6 Å². The molecule has 0 bridgehead atoms. The summed E-state index contributed by atoms with van der Waals surface area (Å²) in [5.74, 6) is -1.64. The Morgan fingerprint density at radius 1 is 1.22 bits per heavy atom. The summed E-state index contributed by atoms with van der Waals surface area (Å²) < 4.78 is 25.8. The second-order valence-electron chi connectivity index (χ2n) is 4.14. The molecule has 4 heteroatoms. The van der Waals surface area contributed by atoms with Crippen molar-refractivity contribution in [2.75, 3.05) is 0 Å². The second-order valence-corrected chi connectivity index (χ2v) is 4.14. The van der Waals surface area contributed by atoms with Crippen LogP contribution in [0.4, 0.5) is 8.78 Å². The molecule has 0 amide bonds. The summed E-state index contributed by atoms with van der Waals surface area (Å²) in [6, 6.07) is 7.86. The van der Waals surface area contributed by atoms with E-state index >= 15 is 0 Å².